The number of likely N-dealkylation sites (tertiary alicyclic amines) is 1. The Labute approximate surface area is 158 Å². The summed E-state index contributed by atoms with van der Waals surface area (Å²) in [5.74, 6) is 1.49. The van der Waals surface area contributed by atoms with Gasteiger partial charge in [-0.15, -0.1) is 0 Å². The minimum absolute atomic E-state index is 0.0747. The lowest BCUT2D eigenvalue weighted by Gasteiger charge is -2.33. The third-order valence-electron chi connectivity index (χ3n) is 5.97. The predicted octanol–water partition coefficient (Wildman–Crippen LogP) is 0.763. The number of carbonyl (C=O) groups is 2. The third-order valence-corrected chi connectivity index (χ3v) is 5.97. The number of carbonyl (C=O) groups excluding carboxylic acids is 2. The van der Waals surface area contributed by atoms with Crippen LogP contribution in [0.25, 0.3) is 0 Å². The highest BCUT2D eigenvalue weighted by Crippen LogP contribution is 2.32. The highest BCUT2D eigenvalue weighted by molar-refractivity contribution is 5.81. The van der Waals surface area contributed by atoms with Gasteiger partial charge in [-0.05, 0) is 38.5 Å². The van der Waals surface area contributed by atoms with Crippen LogP contribution in [0.15, 0.2) is 4.79 Å². The van der Waals surface area contributed by atoms with Crippen LogP contribution in [0.3, 0.4) is 0 Å². The molecule has 1 aliphatic carbocycles. The van der Waals surface area contributed by atoms with Crippen molar-refractivity contribution in [1.29, 1.82) is 0 Å². The molecule has 2 aliphatic heterocycles. The van der Waals surface area contributed by atoms with E-state index in [1.807, 2.05) is 4.90 Å². The SMILES string of the molecule is Cc1nc2c(c(=O)n1C)CN(C(=O)NC[C@@H]1CCCN(C(=O)C3CC3)C1)C2. The standard InChI is InChI=1S/C19H27N5O3/c1-12-21-16-11-24(10-15(16)18(26)22(12)2)19(27)20-8-13-4-3-7-23(9-13)17(25)14-5-6-14/h13-14H,3-11H2,1-2H3,(H,20,27)/t13-/m0/s1. The first-order valence-corrected chi connectivity index (χ1v) is 9.81. The highest BCUT2D eigenvalue weighted by atomic mass is 16.2. The molecule has 3 aliphatic rings. The number of rotatable bonds is 3. The van der Waals surface area contributed by atoms with Crippen molar-refractivity contribution in [1.82, 2.24) is 24.7 Å². The molecular formula is C19H27N5O3. The Morgan fingerprint density at radius 3 is 2.70 bits per heavy atom. The lowest BCUT2D eigenvalue weighted by Crippen LogP contribution is -2.46. The van der Waals surface area contributed by atoms with Gasteiger partial charge >= 0.3 is 6.03 Å². The fourth-order valence-corrected chi connectivity index (χ4v) is 4.04. The number of piperidine rings is 1. The molecule has 0 spiro atoms. The van der Waals surface area contributed by atoms with E-state index in [0.717, 1.165) is 38.8 Å². The van der Waals surface area contributed by atoms with Gasteiger partial charge in [-0.2, -0.15) is 0 Å². The van der Waals surface area contributed by atoms with E-state index >= 15 is 0 Å². The smallest absolute Gasteiger partial charge is 0.318 e. The summed E-state index contributed by atoms with van der Waals surface area (Å²) in [6, 6.07) is -0.168. The van der Waals surface area contributed by atoms with E-state index in [0.29, 0.717) is 48.5 Å². The number of hydrogen-bond acceptors (Lipinski definition) is 4. The van der Waals surface area contributed by atoms with Crippen LogP contribution in [0.4, 0.5) is 4.79 Å². The van der Waals surface area contributed by atoms with Crippen LogP contribution in [-0.2, 0) is 24.9 Å². The van der Waals surface area contributed by atoms with E-state index in [-0.39, 0.29) is 17.5 Å². The van der Waals surface area contributed by atoms with Crippen molar-refractivity contribution < 1.29 is 9.59 Å². The zero-order valence-electron chi connectivity index (χ0n) is 16.0. The fraction of sp³-hybridized carbons (Fsp3) is 0.684. The average molecular weight is 373 g/mol. The Bertz CT molecular complexity index is 829. The Morgan fingerprint density at radius 1 is 1.19 bits per heavy atom. The van der Waals surface area contributed by atoms with Crippen LogP contribution >= 0.6 is 0 Å². The fourth-order valence-electron chi connectivity index (χ4n) is 4.04. The maximum absolute atomic E-state index is 12.6. The highest BCUT2D eigenvalue weighted by Gasteiger charge is 2.35. The Kier molecular flexibility index (Phi) is 4.65. The maximum Gasteiger partial charge on any atom is 0.318 e. The van der Waals surface area contributed by atoms with Gasteiger partial charge in [-0.1, -0.05) is 0 Å². The van der Waals surface area contributed by atoms with Gasteiger partial charge in [-0.3, -0.25) is 14.2 Å². The number of urea groups is 1. The minimum Gasteiger partial charge on any atom is -0.342 e. The lowest BCUT2D eigenvalue weighted by molar-refractivity contribution is -0.134. The first kappa shape index (κ1) is 18.0. The quantitative estimate of drug-likeness (QED) is 0.847. The molecule has 0 radical (unpaired) electrons. The van der Waals surface area contributed by atoms with Crippen molar-refractivity contribution in [2.75, 3.05) is 19.6 Å². The maximum atomic E-state index is 12.6. The van der Waals surface area contributed by atoms with Gasteiger partial charge in [0.15, 0.2) is 0 Å². The van der Waals surface area contributed by atoms with Crippen LogP contribution in [0.1, 0.15) is 42.8 Å². The summed E-state index contributed by atoms with van der Waals surface area (Å²) in [4.78, 5) is 45.2. The van der Waals surface area contributed by atoms with Crippen molar-refractivity contribution in [3.8, 4) is 0 Å². The van der Waals surface area contributed by atoms with Gasteiger partial charge in [0.1, 0.15) is 5.82 Å². The van der Waals surface area contributed by atoms with Crippen molar-refractivity contribution in [3.05, 3.63) is 27.4 Å². The summed E-state index contributed by atoms with van der Waals surface area (Å²) >= 11 is 0. The predicted molar refractivity (Wildman–Crippen MR) is 98.9 cm³/mol. The molecule has 146 valence electrons. The van der Waals surface area contributed by atoms with Gasteiger partial charge < -0.3 is 15.1 Å². The topological polar surface area (TPSA) is 87.5 Å². The molecule has 1 saturated carbocycles. The van der Waals surface area contributed by atoms with Gasteiger partial charge in [0.05, 0.1) is 24.3 Å². The van der Waals surface area contributed by atoms with Crippen LogP contribution < -0.4 is 10.9 Å². The van der Waals surface area contributed by atoms with Crippen molar-refractivity contribution in [2.24, 2.45) is 18.9 Å². The molecule has 1 saturated heterocycles. The molecule has 1 N–H and O–H groups in total. The molecule has 0 bridgehead atoms. The molecular weight excluding hydrogens is 346 g/mol. The first-order chi connectivity index (χ1) is 12.9. The van der Waals surface area contributed by atoms with Gasteiger partial charge in [-0.25, -0.2) is 9.78 Å². The van der Waals surface area contributed by atoms with Crippen molar-refractivity contribution >= 4 is 11.9 Å². The molecule has 4 rings (SSSR count). The summed E-state index contributed by atoms with van der Waals surface area (Å²) in [5.41, 5.74) is 1.23. The van der Waals surface area contributed by atoms with E-state index in [9.17, 15) is 14.4 Å². The third kappa shape index (κ3) is 3.57. The van der Waals surface area contributed by atoms with Crippen LogP contribution in [0, 0.1) is 18.8 Å². The molecule has 1 aromatic rings. The van der Waals surface area contributed by atoms with Gasteiger partial charge in [0.25, 0.3) is 5.56 Å². The molecule has 3 heterocycles. The molecule has 8 nitrogen and oxygen atoms in total. The second-order valence-corrected chi connectivity index (χ2v) is 8.06. The number of amides is 3. The number of fused-ring (bicyclic) bond motifs is 1. The summed E-state index contributed by atoms with van der Waals surface area (Å²) in [6.45, 7) is 4.60. The van der Waals surface area contributed by atoms with Crippen molar-refractivity contribution in [3.63, 3.8) is 0 Å². The zero-order chi connectivity index (χ0) is 19.1. The largest absolute Gasteiger partial charge is 0.342 e. The Hall–Kier alpha value is -2.38. The molecule has 8 heteroatoms. The number of nitrogens with zero attached hydrogens (tertiary/aromatic N) is 4. The number of aryl methyl sites for hydroxylation is 1. The monoisotopic (exact) mass is 373 g/mol. The Balaban J connectivity index is 1.32. The summed E-state index contributed by atoms with van der Waals surface area (Å²) in [5, 5.41) is 2.99. The lowest BCUT2D eigenvalue weighted by atomic mass is 9.97. The van der Waals surface area contributed by atoms with Gasteiger partial charge in [0.2, 0.25) is 5.91 Å². The summed E-state index contributed by atoms with van der Waals surface area (Å²) in [7, 11) is 1.70. The van der Waals surface area contributed by atoms with Crippen LogP contribution in [0.5, 0.6) is 0 Å². The summed E-state index contributed by atoms with van der Waals surface area (Å²) in [6.07, 6.45) is 4.07. The van der Waals surface area contributed by atoms with Gasteiger partial charge in [0, 0.05) is 32.6 Å². The van der Waals surface area contributed by atoms with Crippen molar-refractivity contribution in [2.45, 2.75) is 45.7 Å². The molecule has 1 atom stereocenters. The summed E-state index contributed by atoms with van der Waals surface area (Å²) < 4.78 is 1.52. The van der Waals surface area contributed by atoms with E-state index in [4.69, 9.17) is 0 Å². The number of hydrogen-bond donors (Lipinski definition) is 1. The molecule has 0 unspecified atom stereocenters. The molecule has 1 aromatic heterocycles. The van der Waals surface area contributed by atoms with E-state index in [1.54, 1.807) is 18.9 Å². The molecule has 0 aromatic carbocycles. The van der Waals surface area contributed by atoms with Crippen LogP contribution in [-0.4, -0.2) is 50.9 Å². The minimum atomic E-state index is -0.168. The molecule has 27 heavy (non-hydrogen) atoms. The zero-order valence-corrected chi connectivity index (χ0v) is 16.0. The van der Waals surface area contributed by atoms with E-state index in [2.05, 4.69) is 10.3 Å². The molecule has 3 amide bonds. The van der Waals surface area contributed by atoms with E-state index < -0.39 is 0 Å². The second-order valence-electron chi connectivity index (χ2n) is 8.06. The average Bonchev–Trinajstić information content (AvgIpc) is 3.43. The first-order valence-electron chi connectivity index (χ1n) is 9.81. The number of aromatic nitrogens is 2. The van der Waals surface area contributed by atoms with E-state index in [1.165, 1.54) is 4.57 Å². The number of nitrogens with one attached hydrogen (secondary N) is 1. The Morgan fingerprint density at radius 2 is 1.96 bits per heavy atom. The van der Waals surface area contributed by atoms with Crippen LogP contribution in [0.2, 0.25) is 0 Å². The molecule has 2 fully saturated rings. The second kappa shape index (κ2) is 6.98. The normalized spacial score (nSPS) is 21.9.